The molecule has 0 aromatic rings. The number of carbonyl (C=O) groups excluding carboxylic acids is 4. The number of fused-ring (bicyclic) bond motifs is 3. The fourth-order valence-electron chi connectivity index (χ4n) is 7.80. The normalized spacial score (nSPS) is 35.1. The minimum absolute atomic E-state index is 0.229. The van der Waals surface area contributed by atoms with Gasteiger partial charge in [-0.25, -0.2) is 9.59 Å². The van der Waals surface area contributed by atoms with E-state index in [9.17, 15) is 36.4 Å². The van der Waals surface area contributed by atoms with Gasteiger partial charge in [-0.3, -0.25) is 14.1 Å². The van der Waals surface area contributed by atoms with Gasteiger partial charge in [0.1, 0.15) is 42.9 Å². The Kier molecular flexibility index (Phi) is 8.55. The first-order chi connectivity index (χ1) is 20.1. The highest BCUT2D eigenvalue weighted by Gasteiger charge is 2.72. The van der Waals surface area contributed by atoms with Gasteiger partial charge in [-0.1, -0.05) is 20.3 Å². The zero-order chi connectivity index (χ0) is 31.5. The maximum absolute atomic E-state index is 13.7. The van der Waals surface area contributed by atoms with E-state index in [0.717, 1.165) is 19.3 Å². The predicted octanol–water partition coefficient (Wildman–Crippen LogP) is 1.80. The van der Waals surface area contributed by atoms with E-state index < -0.39 is 100 Å². The van der Waals surface area contributed by atoms with E-state index in [0.29, 0.717) is 31.6 Å². The van der Waals surface area contributed by atoms with Crippen LogP contribution < -0.4 is 0 Å². The van der Waals surface area contributed by atoms with E-state index >= 15 is 0 Å². The van der Waals surface area contributed by atoms with E-state index in [2.05, 4.69) is 4.74 Å². The summed E-state index contributed by atoms with van der Waals surface area (Å²) >= 11 is 0. The molecule has 3 aliphatic heterocycles. The Bertz CT molecular complexity index is 1250. The third-order valence-electron chi connectivity index (χ3n) is 9.92. The summed E-state index contributed by atoms with van der Waals surface area (Å²) in [7, 11) is -5.84. The van der Waals surface area contributed by atoms with Gasteiger partial charge < -0.3 is 28.4 Å². The summed E-state index contributed by atoms with van der Waals surface area (Å²) in [6.07, 6.45) is -0.801. The van der Waals surface area contributed by atoms with Crippen molar-refractivity contribution in [3.05, 3.63) is 0 Å². The number of halogens is 2. The number of carbonyl (C=O) groups is 4. The highest BCUT2D eigenvalue weighted by Crippen LogP contribution is 2.56. The molecule has 10 unspecified atom stereocenters. The van der Waals surface area contributed by atoms with Crippen molar-refractivity contribution in [2.75, 3.05) is 13.2 Å². The monoisotopic (exact) mass is 638 g/mol. The van der Waals surface area contributed by atoms with Crippen molar-refractivity contribution in [2.24, 2.45) is 29.6 Å². The lowest BCUT2D eigenvalue weighted by Gasteiger charge is -2.42. The summed E-state index contributed by atoms with van der Waals surface area (Å²) in [6, 6.07) is 0. The molecule has 0 radical (unpaired) electrons. The zero-order valence-electron chi connectivity index (χ0n) is 23.9. The molecule has 2 aliphatic carbocycles. The van der Waals surface area contributed by atoms with Gasteiger partial charge >= 0.3 is 39.2 Å². The van der Waals surface area contributed by atoms with E-state index in [4.69, 9.17) is 28.2 Å². The third-order valence-corrected chi connectivity index (χ3v) is 10.9. The van der Waals surface area contributed by atoms with Crippen LogP contribution in [-0.2, 0) is 57.7 Å². The molecule has 13 nitrogen and oxygen atoms in total. The van der Waals surface area contributed by atoms with Gasteiger partial charge in [0.2, 0.25) is 0 Å². The molecule has 16 heteroatoms. The highest BCUT2D eigenvalue weighted by atomic mass is 32.2. The van der Waals surface area contributed by atoms with E-state index in [1.807, 2.05) is 13.8 Å². The van der Waals surface area contributed by atoms with Crippen LogP contribution in [0.25, 0.3) is 0 Å². The summed E-state index contributed by atoms with van der Waals surface area (Å²) in [5.41, 5.74) is -0.682. The zero-order valence-corrected chi connectivity index (χ0v) is 24.8. The van der Waals surface area contributed by atoms with E-state index in [1.54, 1.807) is 0 Å². The SMILES string of the molecule is CCC(CC)(OC(=O)C1C2OC3C(OC(=O)C31)C2OC(=O)COCC(=O)OC(C)C(F)(F)S(=O)(=O)O)C1CC2CCC1C2. The molecular formula is C27H36F2O13S. The summed E-state index contributed by atoms with van der Waals surface area (Å²) in [4.78, 5) is 50.8. The molecule has 2 saturated carbocycles. The molecule has 0 aromatic carbocycles. The minimum Gasteiger partial charge on any atom is -0.458 e. The van der Waals surface area contributed by atoms with Crippen LogP contribution in [0.4, 0.5) is 8.78 Å². The quantitative estimate of drug-likeness (QED) is 0.176. The van der Waals surface area contributed by atoms with Crippen molar-refractivity contribution in [1.29, 1.82) is 0 Å². The van der Waals surface area contributed by atoms with Gasteiger partial charge in [0, 0.05) is 5.92 Å². The molecule has 1 N–H and O–H groups in total. The predicted molar refractivity (Wildman–Crippen MR) is 137 cm³/mol. The molecule has 4 bridgehead atoms. The second kappa shape index (κ2) is 11.5. The van der Waals surface area contributed by atoms with Crippen LogP contribution in [0.3, 0.4) is 0 Å². The molecule has 10 atom stereocenters. The average molecular weight is 639 g/mol. The van der Waals surface area contributed by atoms with Crippen molar-refractivity contribution < 1.29 is 69.4 Å². The van der Waals surface area contributed by atoms with Gasteiger partial charge in [0.15, 0.2) is 18.3 Å². The largest absolute Gasteiger partial charge is 0.458 e. The third kappa shape index (κ3) is 5.52. The number of ether oxygens (including phenoxy) is 6. The number of esters is 4. The molecule has 3 heterocycles. The molecule has 0 amide bonds. The van der Waals surface area contributed by atoms with Crippen LogP contribution in [-0.4, -0.2) is 91.4 Å². The van der Waals surface area contributed by atoms with Crippen molar-refractivity contribution in [1.82, 2.24) is 0 Å². The Hall–Kier alpha value is -2.43. The van der Waals surface area contributed by atoms with Crippen molar-refractivity contribution in [2.45, 2.75) is 101 Å². The van der Waals surface area contributed by atoms with Crippen LogP contribution in [0.5, 0.6) is 0 Å². The molecule has 5 fully saturated rings. The Labute approximate surface area is 246 Å². The van der Waals surface area contributed by atoms with Gasteiger partial charge in [-0.05, 0) is 50.9 Å². The number of hydrogen-bond acceptors (Lipinski definition) is 12. The fourth-order valence-corrected chi connectivity index (χ4v) is 8.27. The second-order valence-corrected chi connectivity index (χ2v) is 13.6. The summed E-state index contributed by atoms with van der Waals surface area (Å²) in [5.74, 6) is -4.30. The molecule has 5 rings (SSSR count). The second-order valence-electron chi connectivity index (χ2n) is 12.1. The highest BCUT2D eigenvalue weighted by molar-refractivity contribution is 7.86. The molecule has 0 spiro atoms. The van der Waals surface area contributed by atoms with Crippen LogP contribution >= 0.6 is 0 Å². The maximum atomic E-state index is 13.7. The summed E-state index contributed by atoms with van der Waals surface area (Å²) < 4.78 is 89.4. The molecule has 5 aliphatic rings. The minimum atomic E-state index is -5.84. The van der Waals surface area contributed by atoms with Gasteiger partial charge in [-0.2, -0.15) is 17.2 Å². The van der Waals surface area contributed by atoms with Gasteiger partial charge in [0.25, 0.3) is 0 Å². The molecule has 43 heavy (non-hydrogen) atoms. The number of alkyl halides is 2. The fraction of sp³-hybridized carbons (Fsp3) is 0.852. The molecule has 3 saturated heterocycles. The maximum Gasteiger partial charge on any atom is 0.405 e. The lowest BCUT2D eigenvalue weighted by Crippen LogP contribution is -2.51. The molecule has 242 valence electrons. The van der Waals surface area contributed by atoms with Gasteiger partial charge in [-0.15, -0.1) is 0 Å². The van der Waals surface area contributed by atoms with Crippen LogP contribution in [0, 0.1) is 29.6 Å². The van der Waals surface area contributed by atoms with Crippen LogP contribution in [0.1, 0.15) is 59.3 Å². The lowest BCUT2D eigenvalue weighted by atomic mass is 9.72. The Morgan fingerprint density at radius 2 is 1.72 bits per heavy atom. The van der Waals surface area contributed by atoms with E-state index in [1.165, 1.54) is 6.42 Å². The molecular weight excluding hydrogens is 602 g/mol. The number of hydrogen-bond donors (Lipinski definition) is 1. The van der Waals surface area contributed by atoms with Crippen LogP contribution in [0.2, 0.25) is 0 Å². The standard InChI is InChI=1S/C27H36F2O13S/c1-4-26(5-2,15-9-13-6-7-14(15)8-13)42-25(33)19-18-20-23(41-24(18)32)22(21(19)40-20)39-17(31)11-37-10-16(30)38-12(3)27(28,29)43(34,35)36/h12-15,18-23H,4-11H2,1-3H3,(H,34,35,36). The number of rotatable bonds is 13. The van der Waals surface area contributed by atoms with Crippen molar-refractivity contribution in [3.63, 3.8) is 0 Å². The van der Waals surface area contributed by atoms with Crippen molar-refractivity contribution in [3.8, 4) is 0 Å². The van der Waals surface area contributed by atoms with Crippen LogP contribution in [0.15, 0.2) is 0 Å². The summed E-state index contributed by atoms with van der Waals surface area (Å²) in [6.45, 7) is 2.64. The molecule has 0 aromatic heterocycles. The van der Waals surface area contributed by atoms with Crippen molar-refractivity contribution >= 4 is 34.0 Å². The van der Waals surface area contributed by atoms with E-state index in [-0.39, 0.29) is 5.92 Å². The summed E-state index contributed by atoms with van der Waals surface area (Å²) in [5, 5.41) is -4.76. The smallest absolute Gasteiger partial charge is 0.405 e. The van der Waals surface area contributed by atoms with Gasteiger partial charge in [0.05, 0.1) is 0 Å². The Balaban J connectivity index is 1.18. The Morgan fingerprint density at radius 3 is 2.30 bits per heavy atom. The average Bonchev–Trinajstić information content (AvgIpc) is 3.74. The lowest BCUT2D eigenvalue weighted by molar-refractivity contribution is -0.183. The first-order valence-corrected chi connectivity index (χ1v) is 16.0. The topological polar surface area (TPSA) is 178 Å². The first-order valence-electron chi connectivity index (χ1n) is 14.5. The first kappa shape index (κ1) is 32.0. The Morgan fingerprint density at radius 1 is 1.05 bits per heavy atom.